The summed E-state index contributed by atoms with van der Waals surface area (Å²) in [6.45, 7) is 8.48. The molecular weight excluding hydrogens is 186 g/mol. The van der Waals surface area contributed by atoms with E-state index < -0.39 is 0 Å². The third-order valence-corrected chi connectivity index (χ3v) is 3.37. The SMILES string of the molecule is CC1N(OCc2ccccc2)CC1(C)C. The summed E-state index contributed by atoms with van der Waals surface area (Å²) in [5, 5.41) is 2.08. The van der Waals surface area contributed by atoms with E-state index in [1.807, 2.05) is 18.2 Å². The van der Waals surface area contributed by atoms with E-state index in [4.69, 9.17) is 4.84 Å². The molecule has 0 radical (unpaired) electrons. The molecule has 1 unspecified atom stereocenters. The summed E-state index contributed by atoms with van der Waals surface area (Å²) in [6.07, 6.45) is 0. The van der Waals surface area contributed by atoms with Gasteiger partial charge in [0.25, 0.3) is 0 Å². The highest BCUT2D eigenvalue weighted by atomic mass is 16.7. The van der Waals surface area contributed by atoms with Crippen LogP contribution in [-0.4, -0.2) is 17.6 Å². The Kier molecular flexibility index (Phi) is 2.81. The number of benzene rings is 1. The summed E-state index contributed by atoms with van der Waals surface area (Å²) in [4.78, 5) is 5.75. The minimum atomic E-state index is 0.399. The van der Waals surface area contributed by atoms with Gasteiger partial charge in [-0.1, -0.05) is 44.2 Å². The van der Waals surface area contributed by atoms with Crippen molar-refractivity contribution in [1.29, 1.82) is 0 Å². The van der Waals surface area contributed by atoms with Crippen molar-refractivity contribution < 1.29 is 4.84 Å². The second-order valence-corrected chi connectivity index (χ2v) is 5.00. The van der Waals surface area contributed by atoms with Crippen LogP contribution in [0.25, 0.3) is 0 Å². The number of rotatable bonds is 3. The van der Waals surface area contributed by atoms with E-state index in [1.165, 1.54) is 5.56 Å². The second kappa shape index (κ2) is 3.95. The zero-order chi connectivity index (χ0) is 10.9. The van der Waals surface area contributed by atoms with Gasteiger partial charge in [0.05, 0.1) is 6.61 Å². The van der Waals surface area contributed by atoms with Crippen LogP contribution in [0.1, 0.15) is 26.3 Å². The van der Waals surface area contributed by atoms with E-state index in [0.29, 0.717) is 18.1 Å². The molecule has 2 nitrogen and oxygen atoms in total. The van der Waals surface area contributed by atoms with Gasteiger partial charge in [-0.05, 0) is 17.9 Å². The van der Waals surface area contributed by atoms with Crippen molar-refractivity contribution in [2.75, 3.05) is 6.54 Å². The zero-order valence-corrected chi connectivity index (χ0v) is 9.73. The third kappa shape index (κ3) is 2.21. The molecule has 1 aromatic rings. The van der Waals surface area contributed by atoms with Crippen molar-refractivity contribution >= 4 is 0 Å². The molecule has 1 atom stereocenters. The van der Waals surface area contributed by atoms with E-state index in [2.05, 4.69) is 38.0 Å². The molecule has 15 heavy (non-hydrogen) atoms. The number of hydroxylamine groups is 2. The molecule has 0 N–H and O–H groups in total. The van der Waals surface area contributed by atoms with Crippen LogP contribution in [0.3, 0.4) is 0 Å². The van der Waals surface area contributed by atoms with Crippen LogP contribution in [0.2, 0.25) is 0 Å². The van der Waals surface area contributed by atoms with Crippen LogP contribution in [-0.2, 0) is 11.4 Å². The number of hydrogen-bond donors (Lipinski definition) is 0. The molecule has 2 rings (SSSR count). The molecule has 2 heteroatoms. The van der Waals surface area contributed by atoms with Crippen molar-refractivity contribution in [3.63, 3.8) is 0 Å². The fourth-order valence-corrected chi connectivity index (χ4v) is 1.84. The first-order valence-corrected chi connectivity index (χ1v) is 5.53. The van der Waals surface area contributed by atoms with Crippen molar-refractivity contribution in [1.82, 2.24) is 5.06 Å². The Hall–Kier alpha value is -0.860. The Morgan fingerprint density at radius 3 is 2.53 bits per heavy atom. The van der Waals surface area contributed by atoms with Crippen molar-refractivity contribution in [2.45, 2.75) is 33.4 Å². The van der Waals surface area contributed by atoms with E-state index in [-0.39, 0.29) is 0 Å². The number of hydrogen-bond acceptors (Lipinski definition) is 2. The largest absolute Gasteiger partial charge is 0.294 e. The fourth-order valence-electron chi connectivity index (χ4n) is 1.84. The molecule has 1 aliphatic rings. The molecule has 1 aromatic carbocycles. The molecule has 1 aliphatic heterocycles. The predicted octanol–water partition coefficient (Wildman–Crippen LogP) is 2.85. The Labute approximate surface area is 91.8 Å². The summed E-state index contributed by atoms with van der Waals surface area (Å²) < 4.78 is 0. The summed E-state index contributed by atoms with van der Waals surface area (Å²) >= 11 is 0. The van der Waals surface area contributed by atoms with E-state index in [1.54, 1.807) is 0 Å². The molecule has 1 saturated heterocycles. The summed E-state index contributed by atoms with van der Waals surface area (Å²) in [5.74, 6) is 0. The van der Waals surface area contributed by atoms with Gasteiger partial charge < -0.3 is 0 Å². The average Bonchev–Trinajstić information content (AvgIpc) is 2.25. The van der Waals surface area contributed by atoms with Gasteiger partial charge in [0.2, 0.25) is 0 Å². The molecule has 82 valence electrons. The van der Waals surface area contributed by atoms with E-state index in [9.17, 15) is 0 Å². The lowest BCUT2D eigenvalue weighted by atomic mass is 9.78. The summed E-state index contributed by atoms with van der Waals surface area (Å²) in [5.41, 5.74) is 1.63. The molecule has 1 heterocycles. The Balaban J connectivity index is 1.81. The summed E-state index contributed by atoms with van der Waals surface area (Å²) in [6, 6.07) is 10.8. The number of nitrogens with zero attached hydrogens (tertiary/aromatic N) is 1. The van der Waals surface area contributed by atoms with Gasteiger partial charge in [-0.2, -0.15) is 5.06 Å². The highest BCUT2D eigenvalue weighted by Crippen LogP contribution is 2.36. The highest BCUT2D eigenvalue weighted by molar-refractivity contribution is 5.13. The van der Waals surface area contributed by atoms with Gasteiger partial charge >= 0.3 is 0 Å². The minimum Gasteiger partial charge on any atom is -0.294 e. The maximum Gasteiger partial charge on any atom is 0.0936 e. The Bertz CT molecular complexity index is 321. The quantitative estimate of drug-likeness (QED) is 0.752. The van der Waals surface area contributed by atoms with Gasteiger partial charge in [-0.3, -0.25) is 4.84 Å². The fraction of sp³-hybridized carbons (Fsp3) is 0.538. The normalized spacial score (nSPS) is 24.9. The zero-order valence-electron chi connectivity index (χ0n) is 9.73. The van der Waals surface area contributed by atoms with Gasteiger partial charge in [0.15, 0.2) is 0 Å². The monoisotopic (exact) mass is 205 g/mol. The van der Waals surface area contributed by atoms with Crippen LogP contribution in [0.5, 0.6) is 0 Å². The molecule has 0 aromatic heterocycles. The molecule has 0 amide bonds. The predicted molar refractivity (Wildman–Crippen MR) is 61.2 cm³/mol. The first kappa shape index (κ1) is 10.7. The van der Waals surface area contributed by atoms with Crippen LogP contribution in [0, 0.1) is 5.41 Å². The van der Waals surface area contributed by atoms with E-state index >= 15 is 0 Å². The topological polar surface area (TPSA) is 12.5 Å². The van der Waals surface area contributed by atoms with Crippen LogP contribution in [0.15, 0.2) is 30.3 Å². The van der Waals surface area contributed by atoms with Gasteiger partial charge in [0, 0.05) is 12.6 Å². The first-order valence-electron chi connectivity index (χ1n) is 5.53. The standard InChI is InChI=1S/C13H19NO/c1-11-13(2,3)10-14(11)15-9-12-7-5-4-6-8-12/h4-8,11H,9-10H2,1-3H3. The van der Waals surface area contributed by atoms with Gasteiger partial charge in [-0.25, -0.2) is 0 Å². The lowest BCUT2D eigenvalue weighted by molar-refractivity contribution is -0.284. The van der Waals surface area contributed by atoms with Crippen molar-refractivity contribution in [2.24, 2.45) is 5.41 Å². The minimum absolute atomic E-state index is 0.399. The maximum absolute atomic E-state index is 5.75. The first-order chi connectivity index (χ1) is 7.09. The van der Waals surface area contributed by atoms with Gasteiger partial charge in [-0.15, -0.1) is 0 Å². The lowest BCUT2D eigenvalue weighted by Gasteiger charge is -2.51. The van der Waals surface area contributed by atoms with Crippen LogP contribution < -0.4 is 0 Å². The Morgan fingerprint density at radius 1 is 1.33 bits per heavy atom. The lowest BCUT2D eigenvalue weighted by Crippen LogP contribution is -2.59. The summed E-state index contributed by atoms with van der Waals surface area (Å²) in [7, 11) is 0. The van der Waals surface area contributed by atoms with E-state index in [0.717, 1.165) is 6.54 Å². The van der Waals surface area contributed by atoms with Crippen molar-refractivity contribution in [3.05, 3.63) is 35.9 Å². The van der Waals surface area contributed by atoms with Gasteiger partial charge in [0.1, 0.15) is 0 Å². The third-order valence-electron chi connectivity index (χ3n) is 3.37. The average molecular weight is 205 g/mol. The Morgan fingerprint density at radius 2 is 2.00 bits per heavy atom. The smallest absolute Gasteiger partial charge is 0.0936 e. The van der Waals surface area contributed by atoms with Crippen LogP contribution in [0.4, 0.5) is 0 Å². The molecular formula is C13H19NO. The maximum atomic E-state index is 5.75. The molecule has 0 aliphatic carbocycles. The van der Waals surface area contributed by atoms with Crippen LogP contribution >= 0.6 is 0 Å². The second-order valence-electron chi connectivity index (χ2n) is 5.00. The molecule has 0 spiro atoms. The molecule has 0 bridgehead atoms. The highest BCUT2D eigenvalue weighted by Gasteiger charge is 2.43. The molecule has 1 fully saturated rings. The van der Waals surface area contributed by atoms with Crippen molar-refractivity contribution in [3.8, 4) is 0 Å². The molecule has 0 saturated carbocycles.